The first-order chi connectivity index (χ1) is 3.70. The van der Waals surface area contributed by atoms with Crippen LogP contribution in [-0.2, 0) is 9.47 Å². The van der Waals surface area contributed by atoms with Crippen LogP contribution >= 0.6 is 0 Å². The third-order valence-electron chi connectivity index (χ3n) is 1.18. The van der Waals surface area contributed by atoms with Gasteiger partial charge in [0.15, 0.2) is 0 Å². The van der Waals surface area contributed by atoms with Crippen LogP contribution in [0.3, 0.4) is 0 Å². The van der Waals surface area contributed by atoms with Crippen LogP contribution < -0.4 is 0 Å². The second-order valence-electron chi connectivity index (χ2n) is 1.92. The molecule has 1 rings (SSSR count). The van der Waals surface area contributed by atoms with Crippen LogP contribution in [0, 0.1) is 0 Å². The summed E-state index contributed by atoms with van der Waals surface area (Å²) >= 11 is 0. The summed E-state index contributed by atoms with van der Waals surface area (Å²) in [6, 6.07) is 0. The van der Waals surface area contributed by atoms with Gasteiger partial charge in [-0.15, -0.1) is 0 Å². The highest BCUT2D eigenvalue weighted by Gasteiger charge is 2.14. The van der Waals surface area contributed by atoms with E-state index in [0.29, 0.717) is 0 Å². The molecule has 1 aliphatic heterocycles. The highest BCUT2D eigenvalue weighted by atomic mass is 16.7. The van der Waals surface area contributed by atoms with Crippen LogP contribution in [0.25, 0.3) is 0 Å². The van der Waals surface area contributed by atoms with E-state index in [1.807, 2.05) is 20.8 Å². The molecule has 1 aliphatic rings. The normalized spacial score (nSPS) is 20.9. The molecular formula is C6H10O2. The third kappa shape index (κ3) is 0.782. The summed E-state index contributed by atoms with van der Waals surface area (Å²) in [5, 5.41) is 0. The molecule has 0 amide bonds. The zero-order valence-corrected chi connectivity index (χ0v) is 5.39. The first-order valence-electron chi connectivity index (χ1n) is 2.71. The number of hydrogen-bond donors (Lipinski definition) is 0. The van der Waals surface area contributed by atoms with Gasteiger partial charge in [0, 0.05) is 6.92 Å². The van der Waals surface area contributed by atoms with E-state index in [4.69, 9.17) is 9.47 Å². The van der Waals surface area contributed by atoms with Gasteiger partial charge in [-0.1, -0.05) is 0 Å². The highest BCUT2D eigenvalue weighted by Crippen LogP contribution is 2.19. The quantitative estimate of drug-likeness (QED) is 0.476. The van der Waals surface area contributed by atoms with Crippen molar-refractivity contribution in [1.29, 1.82) is 0 Å². The Kier molecular flexibility index (Phi) is 1.16. The van der Waals surface area contributed by atoms with Gasteiger partial charge < -0.3 is 9.47 Å². The Balaban J connectivity index is 2.60. The van der Waals surface area contributed by atoms with E-state index in [9.17, 15) is 0 Å². The fraction of sp³-hybridized carbons (Fsp3) is 0.667. The zero-order valence-electron chi connectivity index (χ0n) is 5.39. The van der Waals surface area contributed by atoms with Gasteiger partial charge in [-0.25, -0.2) is 0 Å². The number of allylic oxidation sites excluding steroid dienone is 2. The zero-order chi connectivity index (χ0) is 6.15. The Morgan fingerprint density at radius 1 is 1.12 bits per heavy atom. The van der Waals surface area contributed by atoms with Crippen molar-refractivity contribution in [3.8, 4) is 0 Å². The summed E-state index contributed by atoms with van der Waals surface area (Å²) < 4.78 is 10.3. The summed E-state index contributed by atoms with van der Waals surface area (Å²) in [5.74, 6) is 1.80. The van der Waals surface area contributed by atoms with Crippen LogP contribution in [0.15, 0.2) is 11.5 Å². The lowest BCUT2D eigenvalue weighted by Crippen LogP contribution is -2.00. The first-order valence-corrected chi connectivity index (χ1v) is 2.71. The largest absolute Gasteiger partial charge is 0.456 e. The Morgan fingerprint density at radius 3 is 1.62 bits per heavy atom. The lowest BCUT2D eigenvalue weighted by Gasteiger charge is -2.02. The van der Waals surface area contributed by atoms with Gasteiger partial charge in [0.2, 0.25) is 6.29 Å². The summed E-state index contributed by atoms with van der Waals surface area (Å²) in [5.41, 5.74) is 0. The SMILES string of the molecule is CC1=C(C)OC(C)O1. The monoisotopic (exact) mass is 114 g/mol. The fourth-order valence-electron chi connectivity index (χ4n) is 0.688. The maximum absolute atomic E-state index is 5.13. The molecule has 0 bridgehead atoms. The number of ether oxygens (including phenoxy) is 2. The second kappa shape index (κ2) is 1.69. The molecule has 0 radical (unpaired) electrons. The third-order valence-corrected chi connectivity index (χ3v) is 1.18. The molecule has 0 N–H and O–H groups in total. The van der Waals surface area contributed by atoms with E-state index in [-0.39, 0.29) is 6.29 Å². The van der Waals surface area contributed by atoms with Gasteiger partial charge in [-0.2, -0.15) is 0 Å². The van der Waals surface area contributed by atoms with Crippen molar-refractivity contribution in [2.45, 2.75) is 27.1 Å². The number of rotatable bonds is 0. The molecule has 0 saturated heterocycles. The molecule has 0 spiro atoms. The fourth-order valence-corrected chi connectivity index (χ4v) is 0.688. The molecule has 0 fully saturated rings. The Bertz CT molecular complexity index is 112. The van der Waals surface area contributed by atoms with Crippen LogP contribution in [0.5, 0.6) is 0 Å². The van der Waals surface area contributed by atoms with Gasteiger partial charge in [0.25, 0.3) is 0 Å². The summed E-state index contributed by atoms with van der Waals surface area (Å²) in [7, 11) is 0. The predicted molar refractivity (Wildman–Crippen MR) is 30.0 cm³/mol. The van der Waals surface area contributed by atoms with E-state index in [2.05, 4.69) is 0 Å². The lowest BCUT2D eigenvalue weighted by molar-refractivity contribution is -0.0219. The van der Waals surface area contributed by atoms with E-state index in [1.165, 1.54) is 0 Å². The van der Waals surface area contributed by atoms with Crippen LogP contribution in [0.4, 0.5) is 0 Å². The highest BCUT2D eigenvalue weighted by molar-refractivity contribution is 4.98. The number of hydrogen-bond acceptors (Lipinski definition) is 2. The smallest absolute Gasteiger partial charge is 0.237 e. The van der Waals surface area contributed by atoms with Crippen molar-refractivity contribution < 1.29 is 9.47 Å². The molecule has 0 aromatic carbocycles. The maximum atomic E-state index is 5.13. The van der Waals surface area contributed by atoms with Crippen molar-refractivity contribution in [2.75, 3.05) is 0 Å². The van der Waals surface area contributed by atoms with Gasteiger partial charge in [0.05, 0.1) is 0 Å². The summed E-state index contributed by atoms with van der Waals surface area (Å²) in [6.07, 6.45) is -0.0741. The minimum absolute atomic E-state index is 0.0741. The van der Waals surface area contributed by atoms with Gasteiger partial charge in [-0.05, 0) is 13.8 Å². The first kappa shape index (κ1) is 5.48. The van der Waals surface area contributed by atoms with Gasteiger partial charge >= 0.3 is 0 Å². The average Bonchev–Trinajstić information content (AvgIpc) is 1.85. The summed E-state index contributed by atoms with van der Waals surface area (Å²) in [4.78, 5) is 0. The van der Waals surface area contributed by atoms with Crippen LogP contribution in [-0.4, -0.2) is 6.29 Å². The van der Waals surface area contributed by atoms with Gasteiger partial charge in [-0.3, -0.25) is 0 Å². The van der Waals surface area contributed by atoms with Crippen LogP contribution in [0.2, 0.25) is 0 Å². The van der Waals surface area contributed by atoms with E-state index >= 15 is 0 Å². The molecule has 1 heterocycles. The molecule has 2 heteroatoms. The molecule has 2 nitrogen and oxygen atoms in total. The van der Waals surface area contributed by atoms with E-state index < -0.39 is 0 Å². The Labute approximate surface area is 49.1 Å². The lowest BCUT2D eigenvalue weighted by atomic mass is 10.5. The van der Waals surface area contributed by atoms with Crippen LogP contribution in [0.1, 0.15) is 20.8 Å². The van der Waals surface area contributed by atoms with Crippen molar-refractivity contribution >= 4 is 0 Å². The maximum Gasteiger partial charge on any atom is 0.237 e. The molecule has 0 unspecified atom stereocenters. The van der Waals surface area contributed by atoms with Crippen molar-refractivity contribution in [3.63, 3.8) is 0 Å². The Morgan fingerprint density at radius 2 is 1.50 bits per heavy atom. The van der Waals surface area contributed by atoms with Crippen molar-refractivity contribution in [2.24, 2.45) is 0 Å². The molecule has 0 aromatic rings. The topological polar surface area (TPSA) is 18.5 Å². The summed E-state index contributed by atoms with van der Waals surface area (Å²) in [6.45, 7) is 5.68. The Hall–Kier alpha value is -0.660. The minimum Gasteiger partial charge on any atom is -0.456 e. The van der Waals surface area contributed by atoms with Crippen molar-refractivity contribution in [1.82, 2.24) is 0 Å². The molecule has 0 saturated carbocycles. The minimum atomic E-state index is -0.0741. The molecule has 0 aromatic heterocycles. The molecule has 8 heavy (non-hydrogen) atoms. The molecule has 46 valence electrons. The van der Waals surface area contributed by atoms with E-state index in [0.717, 1.165) is 11.5 Å². The van der Waals surface area contributed by atoms with Crippen molar-refractivity contribution in [3.05, 3.63) is 11.5 Å². The average molecular weight is 114 g/mol. The van der Waals surface area contributed by atoms with E-state index in [1.54, 1.807) is 0 Å². The standard InChI is InChI=1S/C6H10O2/c1-4-5(2)8-6(3)7-4/h6H,1-3H3. The second-order valence-corrected chi connectivity index (χ2v) is 1.92. The molecule has 0 atom stereocenters. The van der Waals surface area contributed by atoms with Gasteiger partial charge in [0.1, 0.15) is 11.5 Å². The molecular weight excluding hydrogens is 104 g/mol. The predicted octanol–water partition coefficient (Wildman–Crippen LogP) is 1.63. The molecule has 0 aliphatic carbocycles.